The molecule has 1 rings (SSSR count). The van der Waals surface area contributed by atoms with E-state index in [1.54, 1.807) is 19.1 Å². The predicted molar refractivity (Wildman–Crippen MR) is 70.3 cm³/mol. The lowest BCUT2D eigenvalue weighted by Crippen LogP contribution is -2.30. The van der Waals surface area contributed by atoms with E-state index in [0.29, 0.717) is 11.4 Å². The molecule has 3 nitrogen and oxygen atoms in total. The maximum Gasteiger partial charge on any atom is 0.236 e. The van der Waals surface area contributed by atoms with Crippen molar-refractivity contribution in [2.75, 3.05) is 4.72 Å². The van der Waals surface area contributed by atoms with Crippen LogP contribution in [0, 0.1) is 5.92 Å². The van der Waals surface area contributed by atoms with Crippen molar-refractivity contribution in [2.45, 2.75) is 25.5 Å². The van der Waals surface area contributed by atoms with Crippen molar-refractivity contribution in [2.24, 2.45) is 5.92 Å². The first-order valence-corrected chi connectivity index (χ1v) is 7.56. The lowest BCUT2D eigenvalue weighted by atomic mass is 10.1. The van der Waals surface area contributed by atoms with Gasteiger partial charge in [-0.2, -0.15) is 0 Å². The molecule has 0 aliphatic heterocycles. The van der Waals surface area contributed by atoms with Crippen molar-refractivity contribution >= 4 is 26.4 Å². The Kier molecular flexibility index (Phi) is 4.56. The average molecular weight is 259 g/mol. The summed E-state index contributed by atoms with van der Waals surface area (Å²) in [5.41, 5.74) is 0. The first-order valence-electron chi connectivity index (χ1n) is 5.13. The molecule has 1 aromatic rings. The van der Waals surface area contributed by atoms with Crippen LogP contribution < -0.4 is 4.72 Å². The molecule has 0 saturated heterocycles. The van der Waals surface area contributed by atoms with Crippen LogP contribution >= 0.6 is 11.3 Å². The smallest absolute Gasteiger partial charge is 0.236 e. The monoisotopic (exact) mass is 259 g/mol. The maximum absolute atomic E-state index is 12.0. The van der Waals surface area contributed by atoms with E-state index in [4.69, 9.17) is 0 Å². The van der Waals surface area contributed by atoms with E-state index >= 15 is 0 Å². The van der Waals surface area contributed by atoms with E-state index in [-0.39, 0.29) is 5.92 Å². The van der Waals surface area contributed by atoms with Crippen molar-refractivity contribution < 1.29 is 8.42 Å². The Morgan fingerprint density at radius 1 is 1.56 bits per heavy atom. The fraction of sp³-hybridized carbons (Fsp3) is 0.455. The third-order valence-corrected chi connectivity index (χ3v) is 5.46. The zero-order valence-electron chi connectivity index (χ0n) is 9.51. The summed E-state index contributed by atoms with van der Waals surface area (Å²) in [6.07, 6.45) is 2.45. The molecule has 5 heteroatoms. The molecular weight excluding hydrogens is 242 g/mol. The first kappa shape index (κ1) is 13.3. The molecule has 0 amide bonds. The molecule has 0 bridgehead atoms. The van der Waals surface area contributed by atoms with Crippen LogP contribution in [0.15, 0.2) is 30.2 Å². The minimum absolute atomic E-state index is 0.0648. The number of allylic oxidation sites excluding steroid dienone is 1. The molecule has 1 N–H and O–H groups in total. The topological polar surface area (TPSA) is 46.2 Å². The van der Waals surface area contributed by atoms with Gasteiger partial charge in [-0.25, -0.2) is 8.42 Å². The summed E-state index contributed by atoms with van der Waals surface area (Å²) >= 11 is 1.38. The van der Waals surface area contributed by atoms with Gasteiger partial charge in [0.2, 0.25) is 10.0 Å². The Hall–Kier alpha value is -0.810. The van der Waals surface area contributed by atoms with Crippen LogP contribution in [0.4, 0.5) is 5.00 Å². The van der Waals surface area contributed by atoms with Crippen LogP contribution in [-0.2, 0) is 10.0 Å². The SMILES string of the molecule is C=CC[C@@H](C)[C@H](C)S(=O)(=O)Nc1cccs1. The average Bonchev–Trinajstić information content (AvgIpc) is 2.68. The van der Waals surface area contributed by atoms with Gasteiger partial charge in [0, 0.05) is 0 Å². The van der Waals surface area contributed by atoms with Gasteiger partial charge in [0.05, 0.1) is 5.25 Å². The summed E-state index contributed by atoms with van der Waals surface area (Å²) in [6.45, 7) is 7.27. The predicted octanol–water partition coefficient (Wildman–Crippen LogP) is 3.09. The number of hydrogen-bond donors (Lipinski definition) is 1. The normalized spacial score (nSPS) is 15.4. The van der Waals surface area contributed by atoms with Crippen molar-refractivity contribution in [3.05, 3.63) is 30.2 Å². The Balaban J connectivity index is 2.73. The Morgan fingerprint density at radius 3 is 2.75 bits per heavy atom. The largest absolute Gasteiger partial charge is 0.274 e. The quantitative estimate of drug-likeness (QED) is 0.798. The molecule has 0 unspecified atom stereocenters. The minimum atomic E-state index is -3.29. The molecule has 0 radical (unpaired) electrons. The molecule has 16 heavy (non-hydrogen) atoms. The zero-order chi connectivity index (χ0) is 12.2. The second-order valence-electron chi connectivity index (χ2n) is 3.83. The summed E-state index contributed by atoms with van der Waals surface area (Å²) in [6, 6.07) is 3.58. The number of thiophene rings is 1. The molecule has 0 spiro atoms. The fourth-order valence-corrected chi connectivity index (χ4v) is 3.59. The van der Waals surface area contributed by atoms with Crippen LogP contribution in [0.5, 0.6) is 0 Å². The van der Waals surface area contributed by atoms with Crippen LogP contribution in [0.2, 0.25) is 0 Å². The van der Waals surface area contributed by atoms with Crippen molar-refractivity contribution in [1.29, 1.82) is 0 Å². The van der Waals surface area contributed by atoms with E-state index in [9.17, 15) is 8.42 Å². The number of rotatable bonds is 6. The lowest BCUT2D eigenvalue weighted by Gasteiger charge is -2.19. The molecule has 2 atom stereocenters. The van der Waals surface area contributed by atoms with Crippen LogP contribution in [0.3, 0.4) is 0 Å². The van der Waals surface area contributed by atoms with E-state index in [1.807, 2.05) is 18.4 Å². The van der Waals surface area contributed by atoms with Gasteiger partial charge in [0.1, 0.15) is 5.00 Å². The van der Waals surface area contributed by atoms with Gasteiger partial charge in [-0.05, 0) is 36.8 Å². The maximum atomic E-state index is 12.0. The Labute approximate surface area is 101 Å². The molecule has 0 aliphatic rings. The summed E-state index contributed by atoms with van der Waals surface area (Å²) in [5.74, 6) is 0.0648. The van der Waals surface area contributed by atoms with Crippen LogP contribution in [0.1, 0.15) is 20.3 Å². The van der Waals surface area contributed by atoms with Crippen LogP contribution in [0.25, 0.3) is 0 Å². The van der Waals surface area contributed by atoms with Gasteiger partial charge < -0.3 is 0 Å². The van der Waals surface area contributed by atoms with E-state index < -0.39 is 15.3 Å². The Morgan fingerprint density at radius 2 is 2.25 bits per heavy atom. The minimum Gasteiger partial charge on any atom is -0.274 e. The second kappa shape index (κ2) is 5.50. The lowest BCUT2D eigenvalue weighted by molar-refractivity contribution is 0.529. The molecule has 1 aromatic heterocycles. The molecule has 1 heterocycles. The van der Waals surface area contributed by atoms with Crippen molar-refractivity contribution in [1.82, 2.24) is 0 Å². The number of hydrogen-bond acceptors (Lipinski definition) is 3. The third kappa shape index (κ3) is 3.35. The highest BCUT2D eigenvalue weighted by Gasteiger charge is 2.25. The van der Waals surface area contributed by atoms with Gasteiger partial charge in [-0.15, -0.1) is 17.9 Å². The van der Waals surface area contributed by atoms with Gasteiger partial charge >= 0.3 is 0 Å². The molecule has 90 valence electrons. The molecule has 0 saturated carbocycles. The third-order valence-electron chi connectivity index (χ3n) is 2.59. The van der Waals surface area contributed by atoms with E-state index in [1.165, 1.54) is 11.3 Å². The van der Waals surface area contributed by atoms with Crippen LogP contribution in [-0.4, -0.2) is 13.7 Å². The summed E-state index contributed by atoms with van der Waals surface area (Å²) in [5, 5.41) is 2.08. The van der Waals surface area contributed by atoms with Gasteiger partial charge in [0.25, 0.3) is 0 Å². The van der Waals surface area contributed by atoms with Gasteiger partial charge in [-0.1, -0.05) is 13.0 Å². The van der Waals surface area contributed by atoms with Crippen molar-refractivity contribution in [3.8, 4) is 0 Å². The standard InChI is InChI=1S/C11H17NO2S2/c1-4-6-9(2)10(3)16(13,14)12-11-7-5-8-15-11/h4-5,7-10,12H,1,6H2,2-3H3/t9-,10+/m1/s1. The Bertz CT molecular complexity index is 423. The second-order valence-corrected chi connectivity index (χ2v) is 6.82. The van der Waals surface area contributed by atoms with Gasteiger partial charge in [-0.3, -0.25) is 4.72 Å². The van der Waals surface area contributed by atoms with Crippen molar-refractivity contribution in [3.63, 3.8) is 0 Å². The first-order chi connectivity index (χ1) is 7.47. The number of anilines is 1. The highest BCUT2D eigenvalue weighted by Crippen LogP contribution is 2.22. The fourth-order valence-electron chi connectivity index (χ4n) is 1.33. The molecule has 0 aromatic carbocycles. The number of nitrogens with one attached hydrogen (secondary N) is 1. The molecular formula is C11H17NO2S2. The zero-order valence-corrected chi connectivity index (χ0v) is 11.1. The molecule has 0 fully saturated rings. The molecule has 0 aliphatic carbocycles. The highest BCUT2D eigenvalue weighted by atomic mass is 32.2. The number of sulfonamides is 1. The summed E-state index contributed by atoms with van der Waals surface area (Å²) < 4.78 is 26.5. The summed E-state index contributed by atoms with van der Waals surface area (Å²) in [7, 11) is -3.29. The highest BCUT2D eigenvalue weighted by molar-refractivity contribution is 7.93. The summed E-state index contributed by atoms with van der Waals surface area (Å²) in [4.78, 5) is 0. The van der Waals surface area contributed by atoms with E-state index in [2.05, 4.69) is 11.3 Å². The van der Waals surface area contributed by atoms with Gasteiger partial charge in [0.15, 0.2) is 0 Å². The van der Waals surface area contributed by atoms with E-state index in [0.717, 1.165) is 0 Å².